The van der Waals surface area contributed by atoms with E-state index < -0.39 is 0 Å². The SMILES string of the molecule is Cc1ccnc(-c2cnc(C)nc2OCC2CC2c2ccc3ccccc3n2)c1. The molecule has 5 nitrogen and oxygen atoms in total. The van der Waals surface area contributed by atoms with Crippen LogP contribution in [0.1, 0.15) is 29.4 Å². The van der Waals surface area contributed by atoms with Crippen molar-refractivity contribution in [3.63, 3.8) is 0 Å². The Morgan fingerprint density at radius 3 is 2.79 bits per heavy atom. The molecule has 1 aliphatic carbocycles. The quantitative estimate of drug-likeness (QED) is 0.492. The molecule has 5 heteroatoms. The van der Waals surface area contributed by atoms with Crippen molar-refractivity contribution in [3.05, 3.63) is 78.0 Å². The zero-order valence-electron chi connectivity index (χ0n) is 16.5. The van der Waals surface area contributed by atoms with E-state index in [4.69, 9.17) is 9.72 Å². The van der Waals surface area contributed by atoms with E-state index in [0.29, 0.717) is 30.1 Å². The molecule has 2 unspecified atom stereocenters. The van der Waals surface area contributed by atoms with Crippen LogP contribution in [0, 0.1) is 19.8 Å². The van der Waals surface area contributed by atoms with Gasteiger partial charge >= 0.3 is 0 Å². The Bertz CT molecular complexity index is 1190. The summed E-state index contributed by atoms with van der Waals surface area (Å²) in [4.78, 5) is 18.2. The van der Waals surface area contributed by atoms with Gasteiger partial charge in [-0.3, -0.25) is 9.97 Å². The van der Waals surface area contributed by atoms with Gasteiger partial charge in [-0.05, 0) is 50.1 Å². The number of fused-ring (bicyclic) bond motifs is 1. The fraction of sp³-hybridized carbons (Fsp3) is 0.250. The second-order valence-electron chi connectivity index (χ2n) is 7.70. The van der Waals surface area contributed by atoms with Crippen molar-refractivity contribution in [1.82, 2.24) is 19.9 Å². The van der Waals surface area contributed by atoms with Crippen LogP contribution in [-0.4, -0.2) is 26.5 Å². The molecule has 0 spiro atoms. The smallest absolute Gasteiger partial charge is 0.226 e. The fourth-order valence-corrected chi connectivity index (χ4v) is 3.69. The summed E-state index contributed by atoms with van der Waals surface area (Å²) in [6.45, 7) is 4.54. The summed E-state index contributed by atoms with van der Waals surface area (Å²) >= 11 is 0. The van der Waals surface area contributed by atoms with Crippen LogP contribution in [0.4, 0.5) is 0 Å². The zero-order valence-corrected chi connectivity index (χ0v) is 16.5. The van der Waals surface area contributed by atoms with Gasteiger partial charge in [0.05, 0.1) is 23.4 Å². The summed E-state index contributed by atoms with van der Waals surface area (Å²) in [6, 6.07) is 16.5. The Labute approximate surface area is 169 Å². The van der Waals surface area contributed by atoms with E-state index in [0.717, 1.165) is 34.5 Å². The molecule has 1 saturated carbocycles. The van der Waals surface area contributed by atoms with Gasteiger partial charge in [-0.15, -0.1) is 0 Å². The minimum atomic E-state index is 0.447. The molecule has 0 aliphatic heterocycles. The molecule has 1 fully saturated rings. The molecular weight excluding hydrogens is 360 g/mol. The number of pyridine rings is 2. The normalized spacial score (nSPS) is 18.0. The minimum Gasteiger partial charge on any atom is -0.477 e. The maximum Gasteiger partial charge on any atom is 0.226 e. The molecule has 2 atom stereocenters. The van der Waals surface area contributed by atoms with E-state index in [1.54, 1.807) is 12.4 Å². The average molecular weight is 382 g/mol. The van der Waals surface area contributed by atoms with Crippen molar-refractivity contribution in [2.24, 2.45) is 5.92 Å². The highest BCUT2D eigenvalue weighted by atomic mass is 16.5. The number of para-hydroxylation sites is 1. The molecule has 1 aliphatic rings. The third-order valence-electron chi connectivity index (χ3n) is 5.42. The third kappa shape index (κ3) is 3.68. The highest BCUT2D eigenvalue weighted by molar-refractivity contribution is 5.78. The number of aryl methyl sites for hydroxylation is 2. The molecule has 3 heterocycles. The lowest BCUT2D eigenvalue weighted by Crippen LogP contribution is -2.06. The molecule has 144 valence electrons. The van der Waals surface area contributed by atoms with Crippen LogP contribution in [0.5, 0.6) is 5.88 Å². The lowest BCUT2D eigenvalue weighted by Gasteiger charge is -2.11. The lowest BCUT2D eigenvalue weighted by molar-refractivity contribution is 0.285. The molecule has 3 aromatic heterocycles. The first-order valence-corrected chi connectivity index (χ1v) is 9.92. The van der Waals surface area contributed by atoms with E-state index in [-0.39, 0.29) is 0 Å². The molecule has 29 heavy (non-hydrogen) atoms. The van der Waals surface area contributed by atoms with Gasteiger partial charge in [0, 0.05) is 35.3 Å². The highest BCUT2D eigenvalue weighted by Gasteiger charge is 2.40. The van der Waals surface area contributed by atoms with Gasteiger partial charge in [-0.25, -0.2) is 4.98 Å². The van der Waals surface area contributed by atoms with E-state index in [1.165, 1.54) is 5.39 Å². The second-order valence-corrected chi connectivity index (χ2v) is 7.70. The minimum absolute atomic E-state index is 0.447. The van der Waals surface area contributed by atoms with Crippen molar-refractivity contribution < 1.29 is 4.74 Å². The first-order chi connectivity index (χ1) is 14.2. The van der Waals surface area contributed by atoms with Crippen LogP contribution in [0.3, 0.4) is 0 Å². The predicted molar refractivity (Wildman–Crippen MR) is 113 cm³/mol. The fourth-order valence-electron chi connectivity index (χ4n) is 3.69. The van der Waals surface area contributed by atoms with Crippen molar-refractivity contribution in [2.75, 3.05) is 6.61 Å². The van der Waals surface area contributed by atoms with E-state index in [1.807, 2.05) is 38.1 Å². The topological polar surface area (TPSA) is 60.8 Å². The Morgan fingerprint density at radius 2 is 1.90 bits per heavy atom. The van der Waals surface area contributed by atoms with Gasteiger partial charge in [0.1, 0.15) is 5.82 Å². The van der Waals surface area contributed by atoms with Gasteiger partial charge in [-0.1, -0.05) is 24.3 Å². The van der Waals surface area contributed by atoms with Crippen molar-refractivity contribution in [3.8, 4) is 17.1 Å². The Hall–Kier alpha value is -3.34. The number of hydrogen-bond acceptors (Lipinski definition) is 5. The van der Waals surface area contributed by atoms with E-state index >= 15 is 0 Å². The number of ether oxygens (including phenoxy) is 1. The summed E-state index contributed by atoms with van der Waals surface area (Å²) in [5, 5.41) is 1.18. The molecule has 0 amide bonds. The number of benzene rings is 1. The summed E-state index contributed by atoms with van der Waals surface area (Å²) in [7, 11) is 0. The van der Waals surface area contributed by atoms with Crippen molar-refractivity contribution >= 4 is 10.9 Å². The Balaban J connectivity index is 1.32. The standard InChI is InChI=1S/C24H22N4O/c1-15-9-10-25-23(11-15)20-13-26-16(2)27-24(20)29-14-18-12-19(18)22-8-7-17-5-3-4-6-21(17)28-22/h3-11,13,18-19H,12,14H2,1-2H3. The van der Waals surface area contributed by atoms with Crippen LogP contribution in [0.2, 0.25) is 0 Å². The molecule has 0 saturated heterocycles. The van der Waals surface area contributed by atoms with Gasteiger partial charge in [-0.2, -0.15) is 4.98 Å². The van der Waals surface area contributed by atoms with Gasteiger partial charge in [0.15, 0.2) is 0 Å². The summed E-state index contributed by atoms with van der Waals surface area (Å²) in [5.74, 6) is 2.20. The molecule has 0 bridgehead atoms. The molecule has 4 aromatic rings. The van der Waals surface area contributed by atoms with Crippen LogP contribution in [-0.2, 0) is 0 Å². The monoisotopic (exact) mass is 382 g/mol. The lowest BCUT2D eigenvalue weighted by atomic mass is 10.1. The molecule has 5 rings (SSSR count). The van der Waals surface area contributed by atoms with Gasteiger partial charge in [0.25, 0.3) is 0 Å². The zero-order chi connectivity index (χ0) is 19.8. The van der Waals surface area contributed by atoms with Gasteiger partial charge < -0.3 is 4.74 Å². The van der Waals surface area contributed by atoms with Crippen LogP contribution in [0.25, 0.3) is 22.2 Å². The van der Waals surface area contributed by atoms with E-state index in [9.17, 15) is 0 Å². The molecule has 0 N–H and O–H groups in total. The maximum atomic E-state index is 6.16. The van der Waals surface area contributed by atoms with Crippen LogP contribution in [0.15, 0.2) is 60.9 Å². The third-order valence-corrected chi connectivity index (χ3v) is 5.42. The summed E-state index contributed by atoms with van der Waals surface area (Å²) in [6.07, 6.45) is 4.69. The highest BCUT2D eigenvalue weighted by Crippen LogP contribution is 2.47. The molecule has 1 aromatic carbocycles. The number of nitrogens with zero attached hydrogens (tertiary/aromatic N) is 4. The van der Waals surface area contributed by atoms with E-state index in [2.05, 4.69) is 39.2 Å². The maximum absolute atomic E-state index is 6.16. The first-order valence-electron chi connectivity index (χ1n) is 9.92. The average Bonchev–Trinajstić information content (AvgIpc) is 3.52. The predicted octanol–water partition coefficient (Wildman–Crippen LogP) is 4.89. The number of rotatable bonds is 5. The van der Waals surface area contributed by atoms with Crippen LogP contribution < -0.4 is 4.74 Å². The number of hydrogen-bond donors (Lipinski definition) is 0. The largest absolute Gasteiger partial charge is 0.477 e. The Kier molecular flexibility index (Phi) is 4.43. The van der Waals surface area contributed by atoms with Gasteiger partial charge in [0.2, 0.25) is 5.88 Å². The first kappa shape index (κ1) is 17.7. The molecule has 0 radical (unpaired) electrons. The van der Waals surface area contributed by atoms with Crippen molar-refractivity contribution in [2.45, 2.75) is 26.2 Å². The molecular formula is C24H22N4O. The van der Waals surface area contributed by atoms with Crippen LogP contribution >= 0.6 is 0 Å². The number of aromatic nitrogens is 4. The van der Waals surface area contributed by atoms with Crippen molar-refractivity contribution in [1.29, 1.82) is 0 Å². The summed E-state index contributed by atoms with van der Waals surface area (Å²) < 4.78 is 6.16. The summed E-state index contributed by atoms with van der Waals surface area (Å²) in [5.41, 5.74) is 5.02. The Morgan fingerprint density at radius 1 is 1.00 bits per heavy atom. The second kappa shape index (κ2) is 7.24.